The molecule has 2 heteroatoms. The van der Waals surface area contributed by atoms with Crippen LogP contribution in [0.2, 0.25) is 0 Å². The quantitative estimate of drug-likeness (QED) is 0.708. The van der Waals surface area contributed by atoms with E-state index in [1.165, 1.54) is 6.07 Å². The molecule has 0 aliphatic carbocycles. The van der Waals surface area contributed by atoms with Crippen LogP contribution < -0.4 is 5.32 Å². The molecule has 0 heterocycles. The molecule has 14 heavy (non-hydrogen) atoms. The van der Waals surface area contributed by atoms with Gasteiger partial charge < -0.3 is 5.32 Å². The van der Waals surface area contributed by atoms with Gasteiger partial charge in [0.15, 0.2) is 0 Å². The largest absolute Gasteiger partial charge is 0.316 e. The van der Waals surface area contributed by atoms with Crippen molar-refractivity contribution in [2.75, 3.05) is 7.05 Å². The third-order valence-corrected chi connectivity index (χ3v) is 2.28. The number of halogens is 1. The zero-order chi connectivity index (χ0) is 10.4. The summed E-state index contributed by atoms with van der Waals surface area (Å²) >= 11 is 0. The van der Waals surface area contributed by atoms with E-state index >= 15 is 0 Å². The van der Waals surface area contributed by atoms with Gasteiger partial charge in [0.1, 0.15) is 5.82 Å². The molecular weight excluding hydrogens is 177 g/mol. The number of likely N-dealkylation sites (N-methyl/N-ethyl adjacent to an activating group) is 1. The molecule has 0 aliphatic rings. The van der Waals surface area contributed by atoms with Crippen LogP contribution in [0.15, 0.2) is 36.9 Å². The summed E-state index contributed by atoms with van der Waals surface area (Å²) in [6.45, 7) is 3.68. The molecule has 0 spiro atoms. The Hall–Kier alpha value is -1.15. The zero-order valence-electron chi connectivity index (χ0n) is 8.46. The Morgan fingerprint density at radius 3 is 2.79 bits per heavy atom. The minimum atomic E-state index is -0.128. The highest BCUT2D eigenvalue weighted by atomic mass is 19.1. The molecule has 1 unspecified atom stereocenters. The minimum absolute atomic E-state index is 0.128. The average Bonchev–Trinajstić information content (AvgIpc) is 2.20. The second-order valence-corrected chi connectivity index (χ2v) is 3.31. The lowest BCUT2D eigenvalue weighted by Gasteiger charge is -2.14. The number of nitrogens with one attached hydrogen (secondary N) is 1. The molecular formula is C12H16FN. The van der Waals surface area contributed by atoms with E-state index in [2.05, 4.69) is 11.9 Å². The van der Waals surface area contributed by atoms with Gasteiger partial charge in [0.25, 0.3) is 0 Å². The summed E-state index contributed by atoms with van der Waals surface area (Å²) in [6, 6.07) is 7.16. The summed E-state index contributed by atoms with van der Waals surface area (Å²) in [5, 5.41) is 3.14. The predicted molar refractivity (Wildman–Crippen MR) is 57.8 cm³/mol. The van der Waals surface area contributed by atoms with Gasteiger partial charge in [-0.25, -0.2) is 4.39 Å². The van der Waals surface area contributed by atoms with Gasteiger partial charge in [-0.05, 0) is 31.5 Å². The summed E-state index contributed by atoms with van der Waals surface area (Å²) in [7, 11) is 1.88. The van der Waals surface area contributed by atoms with Crippen molar-refractivity contribution < 1.29 is 4.39 Å². The third-order valence-electron chi connectivity index (χ3n) is 2.28. The minimum Gasteiger partial charge on any atom is -0.316 e. The van der Waals surface area contributed by atoms with Crippen molar-refractivity contribution in [3.05, 3.63) is 48.3 Å². The number of rotatable bonds is 5. The summed E-state index contributed by atoms with van der Waals surface area (Å²) < 4.78 is 13.3. The van der Waals surface area contributed by atoms with Gasteiger partial charge in [-0.3, -0.25) is 0 Å². The Morgan fingerprint density at radius 1 is 1.50 bits per heavy atom. The fourth-order valence-corrected chi connectivity index (χ4v) is 1.43. The first kappa shape index (κ1) is 10.9. The molecule has 1 aromatic rings. The standard InChI is InChI=1S/C12H16FN/c1-3-6-11(14-2)9-10-7-4-5-8-12(10)13/h3-5,7-8,11,14H,1,6,9H2,2H3. The molecule has 1 rings (SSSR count). The van der Waals surface area contributed by atoms with E-state index in [0.29, 0.717) is 6.42 Å². The Morgan fingerprint density at radius 2 is 2.21 bits per heavy atom. The highest BCUT2D eigenvalue weighted by molar-refractivity contribution is 5.18. The molecule has 0 amide bonds. The second-order valence-electron chi connectivity index (χ2n) is 3.31. The molecule has 0 radical (unpaired) electrons. The van der Waals surface area contributed by atoms with Gasteiger partial charge >= 0.3 is 0 Å². The Balaban J connectivity index is 2.66. The van der Waals surface area contributed by atoms with Crippen LogP contribution in [0.4, 0.5) is 4.39 Å². The maximum atomic E-state index is 13.3. The SMILES string of the molecule is C=CCC(Cc1ccccc1F)NC. The number of hydrogen-bond acceptors (Lipinski definition) is 1. The van der Waals surface area contributed by atoms with Crippen molar-refractivity contribution in [3.63, 3.8) is 0 Å². The maximum absolute atomic E-state index is 13.3. The molecule has 0 saturated carbocycles. The monoisotopic (exact) mass is 193 g/mol. The van der Waals surface area contributed by atoms with Crippen LogP contribution in [-0.4, -0.2) is 13.1 Å². The van der Waals surface area contributed by atoms with Crippen LogP contribution in [0.5, 0.6) is 0 Å². The fourth-order valence-electron chi connectivity index (χ4n) is 1.43. The average molecular weight is 193 g/mol. The third kappa shape index (κ3) is 2.96. The lowest BCUT2D eigenvalue weighted by molar-refractivity contribution is 0.539. The second kappa shape index (κ2) is 5.55. The molecule has 1 nitrogen and oxygen atoms in total. The van der Waals surface area contributed by atoms with Crippen LogP contribution in [0.1, 0.15) is 12.0 Å². The van der Waals surface area contributed by atoms with Crippen molar-refractivity contribution in [3.8, 4) is 0 Å². The van der Waals surface area contributed by atoms with E-state index in [1.807, 2.05) is 25.3 Å². The Kier molecular flexibility index (Phi) is 4.33. The predicted octanol–water partition coefficient (Wildman–Crippen LogP) is 2.53. The summed E-state index contributed by atoms with van der Waals surface area (Å²) in [6.07, 6.45) is 3.40. The fraction of sp³-hybridized carbons (Fsp3) is 0.333. The first-order chi connectivity index (χ1) is 6.77. The van der Waals surface area contributed by atoms with Gasteiger partial charge in [-0.2, -0.15) is 0 Å². The smallest absolute Gasteiger partial charge is 0.126 e. The van der Waals surface area contributed by atoms with E-state index in [0.717, 1.165) is 12.0 Å². The highest BCUT2D eigenvalue weighted by Crippen LogP contribution is 2.10. The van der Waals surface area contributed by atoms with Gasteiger partial charge in [0.05, 0.1) is 0 Å². The van der Waals surface area contributed by atoms with Gasteiger partial charge in [0, 0.05) is 6.04 Å². The maximum Gasteiger partial charge on any atom is 0.126 e. The van der Waals surface area contributed by atoms with Gasteiger partial charge in [-0.1, -0.05) is 24.3 Å². The van der Waals surface area contributed by atoms with Crippen molar-refractivity contribution >= 4 is 0 Å². The van der Waals surface area contributed by atoms with Crippen molar-refractivity contribution in [2.45, 2.75) is 18.9 Å². The topological polar surface area (TPSA) is 12.0 Å². The normalized spacial score (nSPS) is 12.4. The van der Waals surface area contributed by atoms with E-state index in [4.69, 9.17) is 0 Å². The van der Waals surface area contributed by atoms with Crippen molar-refractivity contribution in [1.82, 2.24) is 5.32 Å². The van der Waals surface area contributed by atoms with E-state index < -0.39 is 0 Å². The molecule has 1 atom stereocenters. The number of benzene rings is 1. The van der Waals surface area contributed by atoms with Crippen LogP contribution in [-0.2, 0) is 6.42 Å². The molecule has 0 bridgehead atoms. The zero-order valence-corrected chi connectivity index (χ0v) is 8.46. The molecule has 1 aromatic carbocycles. The highest BCUT2D eigenvalue weighted by Gasteiger charge is 2.07. The lowest BCUT2D eigenvalue weighted by Crippen LogP contribution is -2.27. The van der Waals surface area contributed by atoms with Crippen LogP contribution in [0.3, 0.4) is 0 Å². The summed E-state index contributed by atoms with van der Waals surface area (Å²) in [4.78, 5) is 0. The lowest BCUT2D eigenvalue weighted by atomic mass is 10.0. The molecule has 0 aliphatic heterocycles. The van der Waals surface area contributed by atoms with Crippen molar-refractivity contribution in [1.29, 1.82) is 0 Å². The van der Waals surface area contributed by atoms with Crippen molar-refractivity contribution in [2.24, 2.45) is 0 Å². The summed E-state index contributed by atoms with van der Waals surface area (Å²) in [5.41, 5.74) is 0.758. The number of hydrogen-bond donors (Lipinski definition) is 1. The van der Waals surface area contributed by atoms with E-state index in [1.54, 1.807) is 6.07 Å². The molecule has 0 aromatic heterocycles. The van der Waals surface area contributed by atoms with Gasteiger partial charge in [0.2, 0.25) is 0 Å². The molecule has 76 valence electrons. The molecule has 0 fully saturated rings. The Bertz CT molecular complexity index is 296. The van der Waals surface area contributed by atoms with Crippen LogP contribution in [0, 0.1) is 5.82 Å². The molecule has 0 saturated heterocycles. The molecule has 1 N–H and O–H groups in total. The van der Waals surface area contributed by atoms with Crippen LogP contribution in [0.25, 0.3) is 0 Å². The van der Waals surface area contributed by atoms with E-state index in [9.17, 15) is 4.39 Å². The summed E-state index contributed by atoms with van der Waals surface area (Å²) in [5.74, 6) is -0.128. The van der Waals surface area contributed by atoms with Gasteiger partial charge in [-0.15, -0.1) is 6.58 Å². The Labute approximate surface area is 84.6 Å². The first-order valence-electron chi connectivity index (χ1n) is 4.79. The van der Waals surface area contributed by atoms with E-state index in [-0.39, 0.29) is 11.9 Å². The first-order valence-corrected chi connectivity index (χ1v) is 4.79. The van der Waals surface area contributed by atoms with Crippen LogP contribution >= 0.6 is 0 Å².